The van der Waals surface area contributed by atoms with E-state index in [1.807, 2.05) is 11.8 Å². The van der Waals surface area contributed by atoms with Crippen LogP contribution in [0.15, 0.2) is 0 Å². The molecule has 0 amide bonds. The molecule has 0 unspecified atom stereocenters. The number of esters is 1. The van der Waals surface area contributed by atoms with Gasteiger partial charge in [0.25, 0.3) is 0 Å². The highest BCUT2D eigenvalue weighted by atomic mass is 35.5. The summed E-state index contributed by atoms with van der Waals surface area (Å²) in [5.74, 6) is 0.775. The zero-order chi connectivity index (χ0) is 10.4. The summed E-state index contributed by atoms with van der Waals surface area (Å²) >= 11 is 1.89. The number of carbonyl (C=O) groups is 1. The van der Waals surface area contributed by atoms with Crippen LogP contribution in [0, 0.1) is 0 Å². The molecule has 0 spiro atoms. The van der Waals surface area contributed by atoms with Crippen molar-refractivity contribution in [3.05, 3.63) is 0 Å². The van der Waals surface area contributed by atoms with E-state index in [0.29, 0.717) is 17.7 Å². The summed E-state index contributed by atoms with van der Waals surface area (Å²) in [6.07, 6.45) is 5.20. The molecule has 0 aromatic heterocycles. The van der Waals surface area contributed by atoms with Crippen molar-refractivity contribution in [1.82, 2.24) is 0 Å². The van der Waals surface area contributed by atoms with E-state index < -0.39 is 0 Å². The van der Waals surface area contributed by atoms with E-state index in [-0.39, 0.29) is 18.4 Å². The molecule has 1 aliphatic rings. The Morgan fingerprint density at radius 2 is 2.00 bits per heavy atom. The van der Waals surface area contributed by atoms with E-state index in [4.69, 9.17) is 5.73 Å². The van der Waals surface area contributed by atoms with Crippen molar-refractivity contribution in [2.45, 2.75) is 43.4 Å². The molecule has 0 radical (unpaired) electrons. The molecule has 3 nitrogen and oxygen atoms in total. The van der Waals surface area contributed by atoms with Crippen LogP contribution in [0.3, 0.4) is 0 Å². The van der Waals surface area contributed by atoms with Gasteiger partial charge in [-0.2, -0.15) is 11.8 Å². The second-order valence-corrected chi connectivity index (χ2v) is 5.14. The normalized spacial score (nSPS) is 25.5. The molecule has 1 saturated carbocycles. The molecule has 0 bridgehead atoms. The van der Waals surface area contributed by atoms with Gasteiger partial charge in [0.05, 0.1) is 13.5 Å². The highest BCUT2D eigenvalue weighted by Gasteiger charge is 2.18. The van der Waals surface area contributed by atoms with Gasteiger partial charge in [-0.3, -0.25) is 4.79 Å². The molecule has 1 aliphatic carbocycles. The predicted octanol–water partition coefficient (Wildman–Crippen LogP) is 1.97. The highest BCUT2D eigenvalue weighted by Crippen LogP contribution is 2.28. The van der Waals surface area contributed by atoms with E-state index in [2.05, 4.69) is 4.74 Å². The Morgan fingerprint density at radius 1 is 1.40 bits per heavy atom. The lowest BCUT2D eigenvalue weighted by atomic mass is 9.96. The number of rotatable bonds is 4. The SMILES string of the molecule is COC(=O)CCSC1CCC(N)CC1.Cl. The third-order valence-corrected chi connectivity index (χ3v) is 3.99. The van der Waals surface area contributed by atoms with Crippen LogP contribution >= 0.6 is 24.2 Å². The standard InChI is InChI=1S/C10H19NO2S.ClH/c1-13-10(12)6-7-14-9-4-2-8(11)3-5-9;/h8-9H,2-7,11H2,1H3;1H. The van der Waals surface area contributed by atoms with E-state index in [9.17, 15) is 4.79 Å². The minimum atomic E-state index is -0.106. The van der Waals surface area contributed by atoms with Crippen molar-refractivity contribution < 1.29 is 9.53 Å². The van der Waals surface area contributed by atoms with E-state index in [1.54, 1.807) is 0 Å². The second-order valence-electron chi connectivity index (χ2n) is 3.73. The lowest BCUT2D eigenvalue weighted by Gasteiger charge is -2.25. The molecular weight excluding hydrogens is 234 g/mol. The lowest BCUT2D eigenvalue weighted by Crippen LogP contribution is -2.27. The first kappa shape index (κ1) is 15.1. The van der Waals surface area contributed by atoms with Crippen molar-refractivity contribution in [3.63, 3.8) is 0 Å². The minimum Gasteiger partial charge on any atom is -0.469 e. The summed E-state index contributed by atoms with van der Waals surface area (Å²) in [6.45, 7) is 0. The molecule has 0 heterocycles. The summed E-state index contributed by atoms with van der Waals surface area (Å²) in [4.78, 5) is 10.8. The fourth-order valence-electron chi connectivity index (χ4n) is 1.67. The Bertz CT molecular complexity index is 184. The van der Waals surface area contributed by atoms with Crippen LogP contribution in [0.4, 0.5) is 0 Å². The number of halogens is 1. The van der Waals surface area contributed by atoms with Crippen LogP contribution in [0.25, 0.3) is 0 Å². The first-order chi connectivity index (χ1) is 6.72. The highest BCUT2D eigenvalue weighted by molar-refractivity contribution is 7.99. The van der Waals surface area contributed by atoms with Gasteiger partial charge in [-0.25, -0.2) is 0 Å². The van der Waals surface area contributed by atoms with Crippen molar-refractivity contribution >= 4 is 30.1 Å². The number of nitrogens with two attached hydrogens (primary N) is 1. The van der Waals surface area contributed by atoms with Crippen LogP contribution in [0.1, 0.15) is 32.1 Å². The van der Waals surface area contributed by atoms with Gasteiger partial charge in [0, 0.05) is 17.0 Å². The smallest absolute Gasteiger partial charge is 0.306 e. The molecule has 15 heavy (non-hydrogen) atoms. The largest absolute Gasteiger partial charge is 0.469 e. The Morgan fingerprint density at radius 3 is 2.53 bits per heavy atom. The number of hydrogen-bond acceptors (Lipinski definition) is 4. The van der Waals surface area contributed by atoms with Gasteiger partial charge >= 0.3 is 5.97 Å². The summed E-state index contributed by atoms with van der Waals surface area (Å²) in [5.41, 5.74) is 5.81. The molecule has 0 aliphatic heterocycles. The number of thioether (sulfide) groups is 1. The molecule has 0 saturated heterocycles. The first-order valence-corrected chi connectivity index (χ1v) is 6.21. The van der Waals surface area contributed by atoms with Gasteiger partial charge in [-0.15, -0.1) is 12.4 Å². The van der Waals surface area contributed by atoms with Crippen molar-refractivity contribution in [2.24, 2.45) is 5.73 Å². The maximum atomic E-state index is 10.8. The topological polar surface area (TPSA) is 52.3 Å². The third-order valence-electron chi connectivity index (χ3n) is 2.61. The average Bonchev–Trinajstić information content (AvgIpc) is 2.21. The summed E-state index contributed by atoms with van der Waals surface area (Å²) in [5, 5.41) is 0.708. The molecule has 1 rings (SSSR count). The van der Waals surface area contributed by atoms with E-state index in [0.717, 1.165) is 18.6 Å². The third kappa shape index (κ3) is 6.28. The Kier molecular flexibility index (Phi) is 8.29. The van der Waals surface area contributed by atoms with Crippen LogP contribution < -0.4 is 5.73 Å². The van der Waals surface area contributed by atoms with Crippen LogP contribution in [-0.4, -0.2) is 30.1 Å². The summed E-state index contributed by atoms with van der Waals surface area (Å²) in [7, 11) is 1.44. The molecule has 2 N–H and O–H groups in total. The van der Waals surface area contributed by atoms with Crippen molar-refractivity contribution in [3.8, 4) is 0 Å². The lowest BCUT2D eigenvalue weighted by molar-refractivity contribution is -0.140. The van der Waals surface area contributed by atoms with Crippen molar-refractivity contribution in [1.29, 1.82) is 0 Å². The van der Waals surface area contributed by atoms with Gasteiger partial charge in [0.1, 0.15) is 0 Å². The first-order valence-electron chi connectivity index (χ1n) is 5.16. The molecule has 90 valence electrons. The quantitative estimate of drug-likeness (QED) is 0.779. The monoisotopic (exact) mass is 253 g/mol. The maximum Gasteiger partial charge on any atom is 0.306 e. The van der Waals surface area contributed by atoms with Gasteiger partial charge in [0.2, 0.25) is 0 Å². The van der Waals surface area contributed by atoms with Crippen LogP contribution in [0.5, 0.6) is 0 Å². The minimum absolute atomic E-state index is 0. The number of hydrogen-bond donors (Lipinski definition) is 1. The zero-order valence-electron chi connectivity index (χ0n) is 9.11. The van der Waals surface area contributed by atoms with E-state index in [1.165, 1.54) is 20.0 Å². The fourth-order valence-corrected chi connectivity index (χ4v) is 2.89. The molecule has 0 aromatic carbocycles. The fraction of sp³-hybridized carbons (Fsp3) is 0.900. The molecule has 0 atom stereocenters. The average molecular weight is 254 g/mol. The summed E-state index contributed by atoms with van der Waals surface area (Å²) in [6, 6.07) is 0.410. The second kappa shape index (κ2) is 8.25. The Hall–Kier alpha value is 0.0700. The van der Waals surface area contributed by atoms with Gasteiger partial charge in [-0.1, -0.05) is 0 Å². The number of carbonyl (C=O) groups excluding carboxylic acids is 1. The van der Waals surface area contributed by atoms with Gasteiger partial charge < -0.3 is 10.5 Å². The van der Waals surface area contributed by atoms with Crippen LogP contribution in [-0.2, 0) is 9.53 Å². The molecule has 5 heteroatoms. The Balaban J connectivity index is 0.00000196. The zero-order valence-corrected chi connectivity index (χ0v) is 10.7. The van der Waals surface area contributed by atoms with E-state index >= 15 is 0 Å². The summed E-state index contributed by atoms with van der Waals surface area (Å²) < 4.78 is 4.58. The predicted molar refractivity (Wildman–Crippen MR) is 66.6 cm³/mol. The Labute approximate surface area is 102 Å². The number of ether oxygens (including phenoxy) is 1. The molecule has 1 fully saturated rings. The van der Waals surface area contributed by atoms with Gasteiger partial charge in [-0.05, 0) is 25.7 Å². The van der Waals surface area contributed by atoms with Crippen molar-refractivity contribution in [2.75, 3.05) is 12.9 Å². The number of methoxy groups -OCH3 is 1. The van der Waals surface area contributed by atoms with Gasteiger partial charge in [0.15, 0.2) is 0 Å². The molecule has 0 aromatic rings. The maximum absolute atomic E-state index is 10.8. The molecular formula is C10H20ClNO2S. The van der Waals surface area contributed by atoms with Crippen LogP contribution in [0.2, 0.25) is 0 Å².